The second kappa shape index (κ2) is 33.6. The van der Waals surface area contributed by atoms with E-state index >= 15 is 0 Å². The molecule has 0 saturated carbocycles. The molecule has 6 aromatic rings. The van der Waals surface area contributed by atoms with Crippen molar-refractivity contribution in [3.63, 3.8) is 0 Å². The Labute approximate surface area is 524 Å². The van der Waals surface area contributed by atoms with Gasteiger partial charge in [-0.05, 0) is 134 Å². The molecule has 0 aromatic heterocycles. The number of carbonyl (C=O) groups excluding carboxylic acids is 5. The van der Waals surface area contributed by atoms with Crippen LogP contribution in [0.5, 0.6) is 11.5 Å². The van der Waals surface area contributed by atoms with Crippen molar-refractivity contribution in [2.45, 2.75) is 167 Å². The number of benzene rings is 6. The zero-order valence-corrected chi connectivity index (χ0v) is 53.2. The molecule has 0 aliphatic heterocycles. The first-order valence-electron chi connectivity index (χ1n) is 30.8. The molecule has 6 N–H and O–H groups in total. The molecule has 0 fully saturated rings. The van der Waals surface area contributed by atoms with Gasteiger partial charge in [0.05, 0.1) is 14.2 Å². The molecule has 476 valence electrons. The van der Waals surface area contributed by atoms with Crippen molar-refractivity contribution in [1.82, 2.24) is 16.0 Å². The van der Waals surface area contributed by atoms with Crippen LogP contribution in [0.25, 0.3) is 22.3 Å². The highest BCUT2D eigenvalue weighted by Gasteiger charge is 2.33. The average Bonchev–Trinajstić information content (AvgIpc) is 1.76. The van der Waals surface area contributed by atoms with Crippen molar-refractivity contribution in [1.29, 1.82) is 0 Å². The number of alkyl carbamates (subject to hydrolysis) is 2. The number of rotatable bonds is 25. The Morgan fingerprint density at radius 2 is 0.831 bits per heavy atom. The van der Waals surface area contributed by atoms with E-state index in [4.69, 9.17) is 29.4 Å². The minimum atomic E-state index is -1.12. The van der Waals surface area contributed by atoms with Gasteiger partial charge < -0.3 is 55.2 Å². The number of nitrogens with two attached hydrogens (primary N) is 1. The number of amides is 3. The van der Waals surface area contributed by atoms with Gasteiger partial charge in [0.1, 0.15) is 60.1 Å². The molecule has 0 saturated heterocycles. The van der Waals surface area contributed by atoms with E-state index < -0.39 is 54.2 Å². The maximum Gasteiger partial charge on any atom is 0.407 e. The predicted molar refractivity (Wildman–Crippen MR) is 345 cm³/mol. The molecule has 3 amide bonds. The molecule has 8 rings (SSSR count). The van der Waals surface area contributed by atoms with Crippen molar-refractivity contribution in [2.24, 2.45) is 5.73 Å². The number of hydrogen-bond acceptors (Lipinski definition) is 13. The first kappa shape index (κ1) is 69.4. The lowest BCUT2D eigenvalue weighted by Gasteiger charge is -2.23. The second-order valence-electron chi connectivity index (χ2n) is 24.2. The number of unbranched alkanes of at least 4 members (excludes halogenated alkanes) is 4. The molecule has 4 atom stereocenters. The first-order chi connectivity index (χ1) is 42.5. The zero-order chi connectivity index (χ0) is 64.7. The number of hydrogen-bond donors (Lipinski definition) is 5. The van der Waals surface area contributed by atoms with E-state index in [1.54, 1.807) is 24.3 Å². The molecular formula is C72H90N4O13. The van der Waals surface area contributed by atoms with Crippen LogP contribution in [0, 0.1) is 0 Å². The van der Waals surface area contributed by atoms with Crippen LogP contribution >= 0.6 is 0 Å². The van der Waals surface area contributed by atoms with Crippen LogP contribution in [0.4, 0.5) is 9.59 Å². The summed E-state index contributed by atoms with van der Waals surface area (Å²) < 4.78 is 32.4. The lowest BCUT2D eigenvalue weighted by atomic mass is 9.98. The molecule has 0 heterocycles. The number of methoxy groups -OCH3 is 2. The highest BCUT2D eigenvalue weighted by Crippen LogP contribution is 2.46. The fraction of sp³-hybridized carbons (Fsp3) is 0.417. The summed E-state index contributed by atoms with van der Waals surface area (Å²) in [6.07, 6.45) is 5.99. The lowest BCUT2D eigenvalue weighted by molar-refractivity contribution is -0.145. The molecule has 6 aromatic carbocycles. The fourth-order valence-electron chi connectivity index (χ4n) is 10.7. The van der Waals surface area contributed by atoms with E-state index in [1.807, 2.05) is 126 Å². The summed E-state index contributed by atoms with van der Waals surface area (Å²) in [5.41, 5.74) is 15.3. The van der Waals surface area contributed by atoms with Crippen molar-refractivity contribution >= 4 is 36.0 Å². The molecule has 17 nitrogen and oxygen atoms in total. The third kappa shape index (κ3) is 21.3. The Kier molecular flexibility index (Phi) is 26.2. The van der Waals surface area contributed by atoms with Gasteiger partial charge in [0.15, 0.2) is 0 Å². The largest absolute Gasteiger partial charge is 0.488 e. The van der Waals surface area contributed by atoms with E-state index in [1.165, 1.54) is 14.2 Å². The Morgan fingerprint density at radius 3 is 1.19 bits per heavy atom. The molecule has 0 radical (unpaired) electrons. The molecule has 17 heteroatoms. The van der Waals surface area contributed by atoms with E-state index in [0.29, 0.717) is 17.9 Å². The van der Waals surface area contributed by atoms with Crippen LogP contribution in [0.2, 0.25) is 0 Å². The molecule has 2 unspecified atom stereocenters. The quantitative estimate of drug-likeness (QED) is 0.0204. The number of carbonyl (C=O) groups is 6. The average molecular weight is 1220 g/mol. The van der Waals surface area contributed by atoms with Gasteiger partial charge >= 0.3 is 30.1 Å². The van der Waals surface area contributed by atoms with E-state index in [0.717, 1.165) is 101 Å². The van der Waals surface area contributed by atoms with Crippen LogP contribution in [0.15, 0.2) is 146 Å². The van der Waals surface area contributed by atoms with Gasteiger partial charge in [0, 0.05) is 24.7 Å². The molecule has 2 aliphatic carbocycles. The number of esters is 2. The smallest absolute Gasteiger partial charge is 0.407 e. The number of fused-ring (bicyclic) bond motifs is 6. The summed E-state index contributed by atoms with van der Waals surface area (Å²) in [6.45, 7) is 16.2. The van der Waals surface area contributed by atoms with Gasteiger partial charge in [-0.1, -0.05) is 174 Å². The lowest BCUT2D eigenvalue weighted by Crippen LogP contribution is -2.52. The van der Waals surface area contributed by atoms with E-state index in [2.05, 4.69) is 70.9 Å². The summed E-state index contributed by atoms with van der Waals surface area (Å²) in [5, 5.41) is 17.7. The van der Waals surface area contributed by atoms with Gasteiger partial charge in [-0.3, -0.25) is 9.59 Å². The monoisotopic (exact) mass is 1220 g/mol. The molecular weight excluding hydrogens is 1130 g/mol. The SMILES string of the molecule is CC(C)(C)Oc1ccc(C[C@H](NC(=O)OCC2c3ccccc3-c3ccccc32)C(=O)O)cc1.CCCCCC(N)C(=O)OC.CCCCCC(NC(=O)[C@H](Cc1ccc(OC(C)(C)C)cc1)NC(=O)OCC1c2ccccc2-c2ccccc21)C(=O)OC. The molecule has 0 bridgehead atoms. The van der Waals surface area contributed by atoms with Gasteiger partial charge in [-0.15, -0.1) is 0 Å². The Balaban J connectivity index is 0.000000248. The third-order valence-electron chi connectivity index (χ3n) is 15.0. The number of aliphatic carboxylic acids is 1. The summed E-state index contributed by atoms with van der Waals surface area (Å²) in [5.74, 6) is -1.22. The second-order valence-corrected chi connectivity index (χ2v) is 24.2. The van der Waals surface area contributed by atoms with Crippen LogP contribution in [0.1, 0.15) is 152 Å². The van der Waals surface area contributed by atoms with E-state index in [9.17, 15) is 33.9 Å². The normalized spacial score (nSPS) is 13.5. The minimum absolute atomic E-state index is 0.0863. The Morgan fingerprint density at radius 1 is 0.472 bits per heavy atom. The number of carboxylic acid groups (broad SMARTS) is 1. The summed E-state index contributed by atoms with van der Waals surface area (Å²) in [6, 6.07) is 43.6. The Bertz CT molecular complexity index is 3190. The van der Waals surface area contributed by atoms with Crippen molar-refractivity contribution in [3.05, 3.63) is 179 Å². The van der Waals surface area contributed by atoms with Gasteiger partial charge in [0.25, 0.3) is 0 Å². The molecule has 89 heavy (non-hydrogen) atoms. The van der Waals surface area contributed by atoms with Crippen LogP contribution in [-0.4, -0.2) is 104 Å². The number of nitrogens with one attached hydrogen (secondary N) is 3. The topological polar surface area (TPSA) is 240 Å². The number of carboxylic acids is 1. The fourth-order valence-corrected chi connectivity index (χ4v) is 10.7. The van der Waals surface area contributed by atoms with Crippen LogP contribution in [0.3, 0.4) is 0 Å². The third-order valence-corrected chi connectivity index (χ3v) is 15.0. The maximum atomic E-state index is 13.6. The summed E-state index contributed by atoms with van der Waals surface area (Å²) in [7, 11) is 2.66. The van der Waals surface area contributed by atoms with Crippen LogP contribution < -0.4 is 31.2 Å². The van der Waals surface area contributed by atoms with Gasteiger partial charge in [-0.2, -0.15) is 0 Å². The standard InChI is InChI=1S/C36H44N2O6.C28H29NO5.C8H17NO2/c1-6-7-8-17-31(34(40)42-5)37-33(39)32(22-24-18-20-25(21-19-24)44-36(2,3)4)38-35(41)43-23-30-28-15-11-9-13-26(28)27-14-10-12-16-29(27)30;1-28(2,3)34-19-14-12-18(13-15-19)16-25(26(30)31)29-27(32)33-17-24-22-10-6-4-8-20(22)21-9-5-7-11-23(21)24;1-3-4-5-6-7(9)8(10)11-2/h9-16,18-21,30-32H,6-8,17,22-23H2,1-5H3,(H,37,39)(H,38,41);4-15,24-25H,16-17H2,1-3H3,(H,29,32)(H,30,31);7H,3-6,9H2,1-2H3/t31?,32-;25-;/m00./s1. The first-order valence-corrected chi connectivity index (χ1v) is 30.8. The molecule has 2 aliphatic rings. The zero-order valence-electron chi connectivity index (χ0n) is 53.2. The van der Waals surface area contributed by atoms with Crippen molar-refractivity contribution < 1.29 is 62.3 Å². The number of ether oxygens (including phenoxy) is 6. The summed E-state index contributed by atoms with van der Waals surface area (Å²) >= 11 is 0. The summed E-state index contributed by atoms with van der Waals surface area (Å²) in [4.78, 5) is 74.3. The highest BCUT2D eigenvalue weighted by atomic mass is 16.6. The van der Waals surface area contributed by atoms with Crippen LogP contribution in [-0.2, 0) is 51.0 Å². The molecule has 0 spiro atoms. The minimum Gasteiger partial charge on any atom is -0.488 e. The predicted octanol–water partition coefficient (Wildman–Crippen LogP) is 13.0. The van der Waals surface area contributed by atoms with Crippen molar-refractivity contribution in [3.8, 4) is 33.8 Å². The van der Waals surface area contributed by atoms with E-state index in [-0.39, 0.29) is 55.1 Å². The Hall–Kier alpha value is -8.70. The highest BCUT2D eigenvalue weighted by molar-refractivity contribution is 5.90. The van der Waals surface area contributed by atoms with Gasteiger partial charge in [-0.25, -0.2) is 19.2 Å². The van der Waals surface area contributed by atoms with Gasteiger partial charge in [0.2, 0.25) is 5.91 Å². The maximum absolute atomic E-state index is 13.6. The van der Waals surface area contributed by atoms with Crippen molar-refractivity contribution in [2.75, 3.05) is 27.4 Å².